The quantitative estimate of drug-likeness (QED) is 0.632. The third-order valence-corrected chi connectivity index (χ3v) is 3.10. The molecule has 0 amide bonds. The summed E-state index contributed by atoms with van der Waals surface area (Å²) in [5.74, 6) is 3.10. The van der Waals surface area contributed by atoms with Gasteiger partial charge in [0.05, 0.1) is 0 Å². The van der Waals surface area contributed by atoms with E-state index in [9.17, 15) is 4.79 Å². The van der Waals surface area contributed by atoms with Crippen LogP contribution >= 0.6 is 0 Å². The largest absolute Gasteiger partial charge is 0.480 e. The number of fused-ring (bicyclic) bond motifs is 1. The van der Waals surface area contributed by atoms with Crippen LogP contribution in [0.5, 0.6) is 5.75 Å². The van der Waals surface area contributed by atoms with Gasteiger partial charge in [0.1, 0.15) is 17.9 Å². The van der Waals surface area contributed by atoms with Gasteiger partial charge >= 0.3 is 5.63 Å². The minimum absolute atomic E-state index is 0.174. The maximum atomic E-state index is 11.5. The number of terminal acetylenes is 1. The lowest BCUT2D eigenvalue weighted by molar-refractivity contribution is 0.366. The second-order valence-corrected chi connectivity index (χ2v) is 4.54. The monoisotopic (exact) mass is 268 g/mol. The van der Waals surface area contributed by atoms with Gasteiger partial charge in [-0.05, 0) is 32.4 Å². The normalized spacial score (nSPS) is 10.9. The van der Waals surface area contributed by atoms with Crippen molar-refractivity contribution in [1.29, 1.82) is 0 Å². The molecule has 2 aromatic rings. The summed E-state index contributed by atoms with van der Waals surface area (Å²) < 4.78 is 10.9. The lowest BCUT2D eigenvalue weighted by atomic mass is 10.0. The van der Waals surface area contributed by atoms with Crippen molar-refractivity contribution in [2.45, 2.75) is 20.8 Å². The third-order valence-electron chi connectivity index (χ3n) is 3.10. The first-order chi connectivity index (χ1) is 9.58. The molecule has 0 atom stereocenters. The van der Waals surface area contributed by atoms with Gasteiger partial charge in [-0.2, -0.15) is 0 Å². The Morgan fingerprint density at radius 1 is 1.40 bits per heavy atom. The second-order valence-electron chi connectivity index (χ2n) is 4.54. The summed E-state index contributed by atoms with van der Waals surface area (Å²) in [5, 5.41) is 0.906. The fraction of sp³-hybridized carbons (Fsp3) is 0.235. The number of aryl methyl sites for hydroxylation is 2. The number of allylic oxidation sites excluding steroid dienone is 1. The molecule has 20 heavy (non-hydrogen) atoms. The van der Waals surface area contributed by atoms with Gasteiger partial charge in [-0.1, -0.05) is 18.1 Å². The average Bonchev–Trinajstić information content (AvgIpc) is 2.40. The number of hydrogen-bond acceptors (Lipinski definition) is 3. The van der Waals surface area contributed by atoms with Crippen molar-refractivity contribution in [2.75, 3.05) is 6.61 Å². The van der Waals surface area contributed by atoms with Crippen molar-refractivity contribution in [3.8, 4) is 18.1 Å². The first-order valence-corrected chi connectivity index (χ1v) is 6.35. The molecule has 3 heteroatoms. The molecule has 3 nitrogen and oxygen atoms in total. The maximum absolute atomic E-state index is 11.5. The van der Waals surface area contributed by atoms with Gasteiger partial charge in [0.25, 0.3) is 0 Å². The van der Waals surface area contributed by atoms with E-state index in [-0.39, 0.29) is 12.2 Å². The molecule has 0 N–H and O–H groups in total. The zero-order chi connectivity index (χ0) is 14.7. The highest BCUT2D eigenvalue weighted by Gasteiger charge is 2.14. The molecule has 2 rings (SSSR count). The van der Waals surface area contributed by atoms with Crippen LogP contribution in [0.15, 0.2) is 27.4 Å². The highest BCUT2D eigenvalue weighted by Crippen LogP contribution is 2.33. The molecule has 0 bridgehead atoms. The van der Waals surface area contributed by atoms with Gasteiger partial charge in [-0.15, -0.1) is 6.42 Å². The molecule has 0 unspecified atom stereocenters. The standard InChI is InChI=1S/C17H16O3/c1-5-7-13-10-14-11(3)9-15(18)20-17(14)12(4)16(13)19-8-6-2/h2,5,7,9-10H,8H2,1,3-4H3. The fourth-order valence-corrected chi connectivity index (χ4v) is 2.23. The van der Waals surface area contributed by atoms with Crippen molar-refractivity contribution in [3.63, 3.8) is 0 Å². The first kappa shape index (κ1) is 14.0. The Bertz CT molecular complexity index is 773. The van der Waals surface area contributed by atoms with E-state index in [4.69, 9.17) is 15.6 Å². The van der Waals surface area contributed by atoms with Gasteiger partial charge in [0.2, 0.25) is 0 Å². The molecular weight excluding hydrogens is 252 g/mol. The predicted octanol–water partition coefficient (Wildman–Crippen LogP) is 3.45. The van der Waals surface area contributed by atoms with Crippen LogP contribution in [-0.2, 0) is 0 Å². The minimum Gasteiger partial charge on any atom is -0.480 e. The maximum Gasteiger partial charge on any atom is 0.336 e. The molecule has 0 saturated carbocycles. The molecule has 0 aliphatic heterocycles. The van der Waals surface area contributed by atoms with E-state index < -0.39 is 0 Å². The van der Waals surface area contributed by atoms with Crippen molar-refractivity contribution in [2.24, 2.45) is 0 Å². The fourth-order valence-electron chi connectivity index (χ4n) is 2.23. The Hall–Kier alpha value is -2.47. The van der Waals surface area contributed by atoms with E-state index in [1.807, 2.05) is 39.0 Å². The Kier molecular flexibility index (Phi) is 3.95. The van der Waals surface area contributed by atoms with E-state index in [0.717, 1.165) is 22.1 Å². The summed E-state index contributed by atoms with van der Waals surface area (Å²) in [7, 11) is 0. The van der Waals surface area contributed by atoms with Gasteiger partial charge in [0, 0.05) is 22.6 Å². The zero-order valence-electron chi connectivity index (χ0n) is 11.8. The summed E-state index contributed by atoms with van der Waals surface area (Å²) >= 11 is 0. The highest BCUT2D eigenvalue weighted by molar-refractivity contribution is 5.88. The van der Waals surface area contributed by atoms with E-state index in [2.05, 4.69) is 5.92 Å². The van der Waals surface area contributed by atoms with Crippen LogP contribution in [0, 0.1) is 26.2 Å². The molecule has 1 aromatic heterocycles. The smallest absolute Gasteiger partial charge is 0.336 e. The van der Waals surface area contributed by atoms with Crippen molar-refractivity contribution in [1.82, 2.24) is 0 Å². The average molecular weight is 268 g/mol. The summed E-state index contributed by atoms with van der Waals surface area (Å²) in [4.78, 5) is 11.5. The third kappa shape index (κ3) is 2.46. The molecule has 0 spiro atoms. The van der Waals surface area contributed by atoms with Crippen LogP contribution in [0.25, 0.3) is 17.0 Å². The summed E-state index contributed by atoms with van der Waals surface area (Å²) in [5.41, 5.74) is 2.78. The SMILES string of the molecule is C#CCOc1c(C=CC)cc2c(C)cc(=O)oc2c1C. The van der Waals surface area contributed by atoms with Gasteiger partial charge in [0.15, 0.2) is 0 Å². The summed E-state index contributed by atoms with van der Waals surface area (Å²) in [6.07, 6.45) is 9.12. The van der Waals surface area contributed by atoms with E-state index in [1.165, 1.54) is 6.07 Å². The molecule has 1 aromatic carbocycles. The van der Waals surface area contributed by atoms with Crippen LogP contribution in [0.3, 0.4) is 0 Å². The highest BCUT2D eigenvalue weighted by atomic mass is 16.5. The summed E-state index contributed by atoms with van der Waals surface area (Å²) in [6.45, 7) is 5.86. The molecule has 0 aliphatic carbocycles. The Morgan fingerprint density at radius 2 is 2.15 bits per heavy atom. The second kappa shape index (κ2) is 5.66. The molecule has 102 valence electrons. The van der Waals surface area contributed by atoms with Crippen LogP contribution in [0.2, 0.25) is 0 Å². The summed E-state index contributed by atoms with van der Waals surface area (Å²) in [6, 6.07) is 3.44. The zero-order valence-corrected chi connectivity index (χ0v) is 11.8. The van der Waals surface area contributed by atoms with E-state index in [0.29, 0.717) is 11.3 Å². The van der Waals surface area contributed by atoms with Crippen molar-refractivity contribution < 1.29 is 9.15 Å². The van der Waals surface area contributed by atoms with Gasteiger partial charge in [-0.3, -0.25) is 0 Å². The van der Waals surface area contributed by atoms with Crippen LogP contribution in [-0.4, -0.2) is 6.61 Å². The predicted molar refractivity (Wildman–Crippen MR) is 81.0 cm³/mol. The van der Waals surface area contributed by atoms with Crippen LogP contribution in [0.4, 0.5) is 0 Å². The lowest BCUT2D eigenvalue weighted by Gasteiger charge is -2.13. The molecular formula is C17H16O3. The molecule has 0 aliphatic rings. The number of rotatable bonds is 3. The molecule has 0 fully saturated rings. The Labute approximate surface area is 117 Å². The minimum atomic E-state index is -0.361. The van der Waals surface area contributed by atoms with Crippen molar-refractivity contribution >= 4 is 17.0 Å². The van der Waals surface area contributed by atoms with E-state index >= 15 is 0 Å². The number of hydrogen-bond donors (Lipinski definition) is 0. The Morgan fingerprint density at radius 3 is 2.80 bits per heavy atom. The lowest BCUT2D eigenvalue weighted by Crippen LogP contribution is -2.03. The van der Waals surface area contributed by atoms with E-state index in [1.54, 1.807) is 0 Å². The van der Waals surface area contributed by atoms with Crippen LogP contribution in [0.1, 0.15) is 23.6 Å². The van der Waals surface area contributed by atoms with Crippen molar-refractivity contribution in [3.05, 3.63) is 45.3 Å². The number of ether oxygens (including phenoxy) is 1. The molecule has 1 heterocycles. The molecule has 0 saturated heterocycles. The van der Waals surface area contributed by atoms with Crippen LogP contribution < -0.4 is 10.4 Å². The van der Waals surface area contributed by atoms with Gasteiger partial charge < -0.3 is 9.15 Å². The Balaban J connectivity index is 2.82. The van der Waals surface area contributed by atoms with Gasteiger partial charge in [-0.25, -0.2) is 4.79 Å². The topological polar surface area (TPSA) is 39.4 Å². The first-order valence-electron chi connectivity index (χ1n) is 6.35. The molecule has 0 radical (unpaired) electrons. The number of benzene rings is 1.